The van der Waals surface area contributed by atoms with Gasteiger partial charge in [0, 0.05) is 41.3 Å². The molecule has 8 heteroatoms. The van der Waals surface area contributed by atoms with Gasteiger partial charge in [0.2, 0.25) is 5.91 Å². The van der Waals surface area contributed by atoms with Crippen molar-refractivity contribution in [1.82, 2.24) is 15.5 Å². The summed E-state index contributed by atoms with van der Waals surface area (Å²) in [6.07, 6.45) is 8.80. The van der Waals surface area contributed by atoms with Crippen molar-refractivity contribution in [1.29, 1.82) is 0 Å². The minimum absolute atomic E-state index is 0.00526. The van der Waals surface area contributed by atoms with E-state index in [-0.39, 0.29) is 29.8 Å². The Hall–Kier alpha value is -4.14. The van der Waals surface area contributed by atoms with Gasteiger partial charge in [-0.05, 0) is 130 Å². The van der Waals surface area contributed by atoms with Gasteiger partial charge in [0.15, 0.2) is 5.78 Å². The molecular weight excluding hydrogens is 586 g/mol. The summed E-state index contributed by atoms with van der Waals surface area (Å²) in [4.78, 5) is 40.2. The summed E-state index contributed by atoms with van der Waals surface area (Å²) in [5.74, 6) is 0.693. The molecule has 5 N–H and O–H groups in total. The molecule has 246 valence electrons. The lowest BCUT2D eigenvalue weighted by Crippen LogP contribution is -2.31. The minimum Gasteiger partial charge on any atom is -0.330 e. The van der Waals surface area contributed by atoms with Crippen LogP contribution in [0.3, 0.4) is 0 Å². The molecule has 2 heterocycles. The number of carbonyl (C=O) groups excluding carboxylic acids is 3. The van der Waals surface area contributed by atoms with Crippen LogP contribution in [0.1, 0.15) is 72.9 Å². The van der Waals surface area contributed by atoms with Gasteiger partial charge in [-0.1, -0.05) is 36.4 Å². The summed E-state index contributed by atoms with van der Waals surface area (Å²) in [6.45, 7) is 4.71. The summed E-state index contributed by atoms with van der Waals surface area (Å²) in [5.41, 5.74) is 12.4. The number of nitrogens with one attached hydrogen (secondary N) is 3. The number of H-pyrrole nitrogens is 1. The van der Waals surface area contributed by atoms with E-state index >= 15 is 0 Å². The summed E-state index contributed by atoms with van der Waals surface area (Å²) in [6, 6.07) is 19.9. The molecule has 3 aromatic carbocycles. The average Bonchev–Trinajstić information content (AvgIpc) is 3.57. The molecule has 1 aromatic heterocycles. The summed E-state index contributed by atoms with van der Waals surface area (Å²) in [5, 5.41) is 14.4. The van der Waals surface area contributed by atoms with Gasteiger partial charge in [-0.15, -0.1) is 0 Å². The molecule has 1 aliphatic heterocycles. The molecular formula is C39H47N5O3. The van der Waals surface area contributed by atoms with Crippen molar-refractivity contribution in [2.45, 2.75) is 64.7 Å². The van der Waals surface area contributed by atoms with Gasteiger partial charge < -0.3 is 16.4 Å². The first-order chi connectivity index (χ1) is 22.9. The van der Waals surface area contributed by atoms with Crippen LogP contribution in [-0.4, -0.2) is 47.3 Å². The first kappa shape index (κ1) is 32.8. The highest BCUT2D eigenvalue weighted by atomic mass is 16.2. The molecule has 0 bridgehead atoms. The van der Waals surface area contributed by atoms with Crippen molar-refractivity contribution < 1.29 is 14.4 Å². The first-order valence-corrected chi connectivity index (χ1v) is 17.3. The Morgan fingerprint density at radius 1 is 0.915 bits per heavy atom. The fourth-order valence-electron chi connectivity index (χ4n) is 7.38. The van der Waals surface area contributed by atoms with E-state index in [9.17, 15) is 14.4 Å². The van der Waals surface area contributed by atoms with Crippen LogP contribution in [-0.2, 0) is 16.0 Å². The molecule has 1 atom stereocenters. The Labute approximate surface area is 277 Å². The molecule has 1 saturated carbocycles. The maximum atomic E-state index is 13.7. The van der Waals surface area contributed by atoms with Gasteiger partial charge in [-0.25, -0.2) is 0 Å². The lowest BCUT2D eigenvalue weighted by Gasteiger charge is -2.27. The molecule has 47 heavy (non-hydrogen) atoms. The van der Waals surface area contributed by atoms with Gasteiger partial charge in [0.05, 0.1) is 11.7 Å². The fraction of sp³-hybridized carbons (Fsp3) is 0.436. The van der Waals surface area contributed by atoms with Crippen LogP contribution in [0.4, 0.5) is 5.69 Å². The quantitative estimate of drug-likeness (QED) is 0.130. The zero-order chi connectivity index (χ0) is 32.8. The van der Waals surface area contributed by atoms with Crippen molar-refractivity contribution in [3.05, 3.63) is 83.6 Å². The number of amides is 1. The number of benzene rings is 3. The average molecular weight is 634 g/mol. The van der Waals surface area contributed by atoms with Crippen molar-refractivity contribution in [3.8, 4) is 11.1 Å². The van der Waals surface area contributed by atoms with Gasteiger partial charge >= 0.3 is 0 Å². The Kier molecular flexibility index (Phi) is 10.6. The van der Waals surface area contributed by atoms with E-state index in [0.717, 1.165) is 90.3 Å². The smallest absolute Gasteiger partial charge is 0.228 e. The maximum absolute atomic E-state index is 13.7. The first-order valence-electron chi connectivity index (χ1n) is 17.3. The maximum Gasteiger partial charge on any atom is 0.228 e. The predicted octanol–water partition coefficient (Wildman–Crippen LogP) is 6.63. The third-order valence-electron chi connectivity index (χ3n) is 10.4. The number of anilines is 1. The molecule has 6 rings (SSSR count). The third kappa shape index (κ3) is 8.24. The predicted molar refractivity (Wildman–Crippen MR) is 187 cm³/mol. The number of piperidine rings is 1. The largest absolute Gasteiger partial charge is 0.330 e. The summed E-state index contributed by atoms with van der Waals surface area (Å²) < 4.78 is 0. The molecule has 2 aliphatic rings. The lowest BCUT2D eigenvalue weighted by atomic mass is 9.77. The van der Waals surface area contributed by atoms with Crippen LogP contribution in [0.5, 0.6) is 0 Å². The molecule has 0 radical (unpaired) electrons. The number of rotatable bonds is 12. The van der Waals surface area contributed by atoms with Crippen LogP contribution >= 0.6 is 0 Å². The van der Waals surface area contributed by atoms with Crippen molar-refractivity contribution in [2.75, 3.05) is 25.0 Å². The second-order valence-electron chi connectivity index (χ2n) is 13.7. The van der Waals surface area contributed by atoms with Gasteiger partial charge in [-0.2, -0.15) is 5.10 Å². The number of hydrogen-bond donors (Lipinski definition) is 4. The van der Waals surface area contributed by atoms with Crippen molar-refractivity contribution in [2.24, 2.45) is 29.4 Å². The number of hydrogen-bond acceptors (Lipinski definition) is 6. The number of aromatic nitrogens is 2. The van der Waals surface area contributed by atoms with Crippen LogP contribution in [0.15, 0.2) is 66.9 Å². The number of aryl methyl sites for hydroxylation is 1. The molecule has 1 aliphatic carbocycles. The molecule has 0 unspecified atom stereocenters. The van der Waals surface area contributed by atoms with Crippen LogP contribution < -0.4 is 16.4 Å². The topological polar surface area (TPSA) is 130 Å². The van der Waals surface area contributed by atoms with E-state index in [1.54, 1.807) is 6.20 Å². The molecule has 8 nitrogen and oxygen atoms in total. The lowest BCUT2D eigenvalue weighted by molar-refractivity contribution is -0.129. The highest BCUT2D eigenvalue weighted by Gasteiger charge is 2.30. The second kappa shape index (κ2) is 15.2. The van der Waals surface area contributed by atoms with Gasteiger partial charge in [0.1, 0.15) is 5.78 Å². The van der Waals surface area contributed by atoms with Gasteiger partial charge in [-0.3, -0.25) is 19.5 Å². The minimum atomic E-state index is -0.495. The Bertz CT molecular complexity index is 1700. The van der Waals surface area contributed by atoms with Crippen LogP contribution in [0.2, 0.25) is 0 Å². The standard InChI is InChI=1S/C39H47N5O3/c1-25-18-31(37(45)20-27-14-16-41-17-15-27)11-13-35(25)29-6-2-26(3-7-29)19-33(21-38(46)30-8-4-28(23-40)5-9-30)39(47)43-34-12-10-32-24-42-44-36(32)22-34/h2-3,6-7,10-13,18,22,24,27-28,30,33,41H,4-5,8-9,14-17,19-21,23,40H2,1H3,(H,42,44)(H,43,47)/t28?,30?,33-/m1/s1. The normalized spacial score (nSPS) is 19.4. The summed E-state index contributed by atoms with van der Waals surface area (Å²) >= 11 is 0. The molecule has 0 spiro atoms. The van der Waals surface area contributed by atoms with E-state index in [1.807, 2.05) is 36.4 Å². The Morgan fingerprint density at radius 2 is 1.68 bits per heavy atom. The highest BCUT2D eigenvalue weighted by Crippen LogP contribution is 2.32. The number of nitrogens with zero attached hydrogens (tertiary/aromatic N) is 1. The number of fused-ring (bicyclic) bond motifs is 1. The zero-order valence-electron chi connectivity index (χ0n) is 27.4. The number of nitrogens with two attached hydrogens (primary N) is 1. The number of ketones is 2. The SMILES string of the molecule is Cc1cc(C(=O)CC2CCNCC2)ccc1-c1ccc(C[C@H](CC(=O)C2CCC(CN)CC2)C(=O)Nc2ccc3cn[nH]c3c2)cc1. The third-order valence-corrected chi connectivity index (χ3v) is 10.4. The van der Waals surface area contributed by atoms with E-state index in [2.05, 4.69) is 52.0 Å². The number of Topliss-reactive ketones (excluding diaryl/α,β-unsaturated/α-hetero) is 2. The van der Waals surface area contributed by atoms with E-state index in [4.69, 9.17) is 5.73 Å². The monoisotopic (exact) mass is 633 g/mol. The number of aromatic amines is 1. The summed E-state index contributed by atoms with van der Waals surface area (Å²) in [7, 11) is 0. The highest BCUT2D eigenvalue weighted by molar-refractivity contribution is 5.98. The van der Waals surface area contributed by atoms with Crippen molar-refractivity contribution in [3.63, 3.8) is 0 Å². The second-order valence-corrected chi connectivity index (χ2v) is 13.7. The molecule has 1 amide bonds. The fourth-order valence-corrected chi connectivity index (χ4v) is 7.38. The van der Waals surface area contributed by atoms with Crippen LogP contribution in [0, 0.1) is 30.6 Å². The van der Waals surface area contributed by atoms with Gasteiger partial charge in [0.25, 0.3) is 0 Å². The van der Waals surface area contributed by atoms with E-state index in [0.29, 0.717) is 36.9 Å². The van der Waals surface area contributed by atoms with Crippen molar-refractivity contribution >= 4 is 34.1 Å². The Morgan fingerprint density at radius 3 is 2.40 bits per heavy atom. The molecule has 1 saturated heterocycles. The molecule has 2 fully saturated rings. The van der Waals surface area contributed by atoms with E-state index in [1.165, 1.54) is 0 Å². The Balaban J connectivity index is 1.14. The van der Waals surface area contributed by atoms with E-state index < -0.39 is 5.92 Å². The number of carbonyl (C=O) groups is 3. The van der Waals surface area contributed by atoms with Crippen LogP contribution in [0.25, 0.3) is 22.0 Å². The molecule has 4 aromatic rings. The zero-order valence-corrected chi connectivity index (χ0v) is 27.4.